The van der Waals surface area contributed by atoms with Crippen molar-refractivity contribution >= 4 is 17.4 Å². The Morgan fingerprint density at radius 1 is 1.40 bits per heavy atom. The summed E-state index contributed by atoms with van der Waals surface area (Å²) in [4.78, 5) is 20.2. The predicted octanol–water partition coefficient (Wildman–Crippen LogP) is 1.73. The fourth-order valence-electron chi connectivity index (χ4n) is 1.39. The molecular weight excluding hydrogens is 301 g/mol. The highest BCUT2D eigenvalue weighted by Gasteiger charge is 2.36. The number of aromatic amines is 2. The minimum atomic E-state index is -4.63. The number of alkyl halides is 3. The Labute approximate surface area is 114 Å². The molecule has 2 aromatic heterocycles. The van der Waals surface area contributed by atoms with Gasteiger partial charge in [-0.2, -0.15) is 18.2 Å². The van der Waals surface area contributed by atoms with Gasteiger partial charge in [0.15, 0.2) is 0 Å². The SMILES string of the molecule is CC(Nc1cc(Cl)[nH]c(=O)n1)c1nc(C(F)(F)F)n[nH]1. The van der Waals surface area contributed by atoms with Gasteiger partial charge in [0, 0.05) is 6.07 Å². The van der Waals surface area contributed by atoms with Crippen molar-refractivity contribution in [1.82, 2.24) is 25.1 Å². The van der Waals surface area contributed by atoms with Gasteiger partial charge in [0.25, 0.3) is 5.82 Å². The van der Waals surface area contributed by atoms with E-state index in [0.29, 0.717) is 0 Å². The third-order valence-electron chi connectivity index (χ3n) is 2.24. The van der Waals surface area contributed by atoms with Gasteiger partial charge in [-0.05, 0) is 6.92 Å². The number of nitrogens with one attached hydrogen (secondary N) is 3. The molecule has 0 saturated carbocycles. The lowest BCUT2D eigenvalue weighted by Crippen LogP contribution is -2.16. The first kappa shape index (κ1) is 14.3. The topological polar surface area (TPSA) is 99.3 Å². The lowest BCUT2D eigenvalue weighted by molar-refractivity contribution is -0.144. The van der Waals surface area contributed by atoms with Crippen LogP contribution in [0.3, 0.4) is 0 Å². The lowest BCUT2D eigenvalue weighted by Gasteiger charge is -2.11. The molecule has 0 aromatic carbocycles. The Balaban J connectivity index is 2.17. The zero-order chi connectivity index (χ0) is 14.9. The Hall–Kier alpha value is -2.10. The zero-order valence-corrected chi connectivity index (χ0v) is 10.7. The summed E-state index contributed by atoms with van der Waals surface area (Å²) in [5, 5.41) is 7.98. The van der Waals surface area contributed by atoms with Crippen molar-refractivity contribution in [2.45, 2.75) is 19.1 Å². The summed E-state index contributed by atoms with van der Waals surface area (Å²) in [5.41, 5.74) is -0.680. The molecule has 2 rings (SSSR count). The van der Waals surface area contributed by atoms with E-state index in [2.05, 4.69) is 30.5 Å². The molecule has 0 amide bonds. The molecule has 20 heavy (non-hydrogen) atoms. The van der Waals surface area contributed by atoms with Crippen molar-refractivity contribution in [3.63, 3.8) is 0 Å². The molecule has 3 N–H and O–H groups in total. The van der Waals surface area contributed by atoms with Crippen molar-refractivity contribution in [3.8, 4) is 0 Å². The van der Waals surface area contributed by atoms with Gasteiger partial charge in [-0.3, -0.25) is 10.1 Å². The molecule has 0 aliphatic carbocycles. The average molecular weight is 309 g/mol. The summed E-state index contributed by atoms with van der Waals surface area (Å²) >= 11 is 5.62. The minimum Gasteiger partial charge on any atom is -0.360 e. The number of aromatic nitrogens is 5. The number of H-pyrrole nitrogens is 2. The molecule has 0 aliphatic rings. The maximum Gasteiger partial charge on any atom is 0.453 e. The van der Waals surface area contributed by atoms with E-state index in [1.807, 2.05) is 0 Å². The number of nitrogens with zero attached hydrogens (tertiary/aromatic N) is 3. The highest BCUT2D eigenvalue weighted by molar-refractivity contribution is 6.29. The highest BCUT2D eigenvalue weighted by atomic mass is 35.5. The van der Waals surface area contributed by atoms with Crippen LogP contribution >= 0.6 is 11.6 Å². The van der Waals surface area contributed by atoms with E-state index < -0.39 is 23.7 Å². The van der Waals surface area contributed by atoms with Gasteiger partial charge < -0.3 is 5.32 Å². The Morgan fingerprint density at radius 2 is 2.10 bits per heavy atom. The van der Waals surface area contributed by atoms with E-state index in [9.17, 15) is 18.0 Å². The first-order valence-corrected chi connectivity index (χ1v) is 5.66. The monoisotopic (exact) mass is 308 g/mol. The molecular formula is C9H8ClF3N6O. The maximum atomic E-state index is 12.4. The van der Waals surface area contributed by atoms with E-state index in [1.54, 1.807) is 0 Å². The van der Waals surface area contributed by atoms with Crippen LogP contribution < -0.4 is 11.0 Å². The summed E-state index contributed by atoms with van der Waals surface area (Å²) in [7, 11) is 0. The van der Waals surface area contributed by atoms with E-state index in [-0.39, 0.29) is 16.8 Å². The first-order valence-electron chi connectivity index (χ1n) is 5.28. The average Bonchev–Trinajstić information content (AvgIpc) is 2.75. The van der Waals surface area contributed by atoms with E-state index >= 15 is 0 Å². The molecule has 1 unspecified atom stereocenters. The van der Waals surface area contributed by atoms with Gasteiger partial charge in [0.1, 0.15) is 16.8 Å². The van der Waals surface area contributed by atoms with Crippen LogP contribution in [0, 0.1) is 0 Å². The number of halogens is 4. The summed E-state index contributed by atoms with van der Waals surface area (Å²) in [6.07, 6.45) is -4.63. The zero-order valence-electron chi connectivity index (χ0n) is 9.92. The van der Waals surface area contributed by atoms with Crippen LogP contribution in [0.15, 0.2) is 10.9 Å². The Morgan fingerprint density at radius 3 is 2.65 bits per heavy atom. The van der Waals surface area contributed by atoms with Gasteiger partial charge in [0.2, 0.25) is 0 Å². The van der Waals surface area contributed by atoms with Crippen LogP contribution in [0.4, 0.5) is 19.0 Å². The van der Waals surface area contributed by atoms with Crippen LogP contribution in [0.5, 0.6) is 0 Å². The Kier molecular flexibility index (Phi) is 3.66. The second-order valence-corrected chi connectivity index (χ2v) is 4.23. The molecule has 1 atom stereocenters. The van der Waals surface area contributed by atoms with Crippen molar-refractivity contribution in [2.75, 3.05) is 5.32 Å². The molecule has 2 heterocycles. The summed E-state index contributed by atoms with van der Waals surface area (Å²) < 4.78 is 37.1. The molecule has 0 bridgehead atoms. The van der Waals surface area contributed by atoms with Crippen molar-refractivity contribution in [2.24, 2.45) is 0 Å². The molecule has 7 nitrogen and oxygen atoms in total. The maximum absolute atomic E-state index is 12.4. The normalized spacial score (nSPS) is 13.2. The fourth-order valence-corrected chi connectivity index (χ4v) is 1.57. The molecule has 0 spiro atoms. The number of rotatable bonds is 3. The molecule has 0 aliphatic heterocycles. The largest absolute Gasteiger partial charge is 0.453 e. The molecule has 2 aromatic rings. The van der Waals surface area contributed by atoms with Crippen molar-refractivity contribution in [3.05, 3.63) is 33.4 Å². The molecule has 0 saturated heterocycles. The van der Waals surface area contributed by atoms with E-state index in [4.69, 9.17) is 11.6 Å². The third kappa shape index (κ3) is 3.26. The first-order chi connectivity index (χ1) is 9.25. The number of hydrogen-bond donors (Lipinski definition) is 3. The smallest absolute Gasteiger partial charge is 0.360 e. The van der Waals surface area contributed by atoms with Crippen LogP contribution in [-0.2, 0) is 6.18 Å². The van der Waals surface area contributed by atoms with Crippen molar-refractivity contribution < 1.29 is 13.2 Å². The van der Waals surface area contributed by atoms with Gasteiger partial charge in [0.05, 0.1) is 6.04 Å². The van der Waals surface area contributed by atoms with Crippen LogP contribution in [-0.4, -0.2) is 25.1 Å². The summed E-state index contributed by atoms with van der Waals surface area (Å²) in [5.74, 6) is -1.20. The number of hydrogen-bond acceptors (Lipinski definition) is 5. The van der Waals surface area contributed by atoms with Crippen LogP contribution in [0.2, 0.25) is 5.15 Å². The number of anilines is 1. The molecule has 0 radical (unpaired) electrons. The second kappa shape index (κ2) is 5.12. The van der Waals surface area contributed by atoms with Crippen LogP contribution in [0.25, 0.3) is 0 Å². The van der Waals surface area contributed by atoms with Gasteiger partial charge >= 0.3 is 11.9 Å². The third-order valence-corrected chi connectivity index (χ3v) is 2.45. The fraction of sp³-hybridized carbons (Fsp3) is 0.333. The molecule has 0 fully saturated rings. The molecule has 108 valence electrons. The quantitative estimate of drug-likeness (QED) is 0.750. The van der Waals surface area contributed by atoms with Gasteiger partial charge in [-0.25, -0.2) is 9.78 Å². The Bertz CT molecular complexity index is 666. The van der Waals surface area contributed by atoms with E-state index in [0.717, 1.165) is 0 Å². The van der Waals surface area contributed by atoms with Crippen molar-refractivity contribution in [1.29, 1.82) is 0 Å². The highest BCUT2D eigenvalue weighted by Crippen LogP contribution is 2.26. The second-order valence-electron chi connectivity index (χ2n) is 3.83. The standard InChI is InChI=1S/C9H8ClF3N6O/c1-3(6-17-7(19-18-6)9(11,12)13)14-5-2-4(10)15-8(20)16-5/h2-3H,1H3,(H,17,18,19)(H2,14,15,16,20). The van der Waals surface area contributed by atoms with Gasteiger partial charge in [-0.1, -0.05) is 11.6 Å². The van der Waals surface area contributed by atoms with E-state index in [1.165, 1.54) is 13.0 Å². The molecule has 11 heteroatoms. The summed E-state index contributed by atoms with van der Waals surface area (Å²) in [6, 6.07) is 0.643. The lowest BCUT2D eigenvalue weighted by atomic mass is 10.3. The predicted molar refractivity (Wildman–Crippen MR) is 63.3 cm³/mol. The minimum absolute atomic E-state index is 0.0458. The summed E-state index contributed by atoms with van der Waals surface area (Å²) in [6.45, 7) is 1.53. The van der Waals surface area contributed by atoms with Gasteiger partial charge in [-0.15, -0.1) is 5.10 Å². The van der Waals surface area contributed by atoms with Crippen LogP contribution in [0.1, 0.15) is 24.6 Å².